The summed E-state index contributed by atoms with van der Waals surface area (Å²) in [6.45, 7) is 5.04. The molecule has 0 atom stereocenters. The van der Waals surface area contributed by atoms with Crippen LogP contribution in [0.25, 0.3) is 0 Å². The maximum absolute atomic E-state index is 12.0. The fraction of sp³-hybridized carbons (Fsp3) is 0.684. The molecular weight excluding hydrogens is 405 g/mol. The molecule has 1 N–H and O–H groups in total. The molecule has 0 amide bonds. The van der Waals surface area contributed by atoms with Crippen molar-refractivity contribution in [2.24, 2.45) is 5.92 Å². The van der Waals surface area contributed by atoms with Gasteiger partial charge in [-0.2, -0.15) is 0 Å². The average molecular weight is 432 g/mol. The molecule has 3 fully saturated rings. The second kappa shape index (κ2) is 8.07. The maximum atomic E-state index is 12.0. The quantitative estimate of drug-likeness (QED) is 0.718. The topological polar surface area (TPSA) is 52.7 Å². The SMILES string of the molecule is O=S(=O)(NC1CC(CCN2CCN(c3cccc(Cl)c3Cl)CC2)C1)C1CC1. The molecule has 0 unspecified atom stereocenters. The second-order valence-electron chi connectivity index (χ2n) is 8.09. The molecule has 0 bridgehead atoms. The van der Waals surface area contributed by atoms with Crippen LogP contribution in [0.1, 0.15) is 32.1 Å². The number of hydrogen-bond acceptors (Lipinski definition) is 4. The van der Waals surface area contributed by atoms with Crippen LogP contribution >= 0.6 is 23.2 Å². The number of nitrogens with one attached hydrogen (secondary N) is 1. The Labute approximate surface area is 172 Å². The van der Waals surface area contributed by atoms with E-state index in [1.807, 2.05) is 18.2 Å². The first-order valence-corrected chi connectivity index (χ1v) is 12.1. The van der Waals surface area contributed by atoms with Gasteiger partial charge in [-0.1, -0.05) is 29.3 Å². The number of nitrogens with zero attached hydrogens (tertiary/aromatic N) is 2. The standard InChI is InChI=1S/C19H27Cl2N3O2S/c20-17-2-1-3-18(19(17)21)24-10-8-23(9-11-24)7-6-14-12-15(13-14)22-27(25,26)16-4-5-16/h1-3,14-16,22H,4-13H2. The zero-order valence-electron chi connectivity index (χ0n) is 15.4. The summed E-state index contributed by atoms with van der Waals surface area (Å²) >= 11 is 12.5. The molecule has 1 aliphatic heterocycles. The van der Waals surface area contributed by atoms with Gasteiger partial charge in [-0.05, 0) is 56.7 Å². The van der Waals surface area contributed by atoms with Gasteiger partial charge in [-0.15, -0.1) is 0 Å². The minimum atomic E-state index is -3.03. The van der Waals surface area contributed by atoms with Crippen LogP contribution in [0.5, 0.6) is 0 Å². The van der Waals surface area contributed by atoms with E-state index in [-0.39, 0.29) is 11.3 Å². The van der Waals surface area contributed by atoms with Gasteiger partial charge in [0.25, 0.3) is 0 Å². The summed E-state index contributed by atoms with van der Waals surface area (Å²) < 4.78 is 26.8. The van der Waals surface area contributed by atoms with Crippen molar-refractivity contribution in [3.63, 3.8) is 0 Å². The zero-order chi connectivity index (χ0) is 19.0. The third kappa shape index (κ3) is 4.73. The summed E-state index contributed by atoms with van der Waals surface area (Å²) in [5.74, 6) is 0.650. The predicted octanol–water partition coefficient (Wildman–Crippen LogP) is 3.37. The molecule has 150 valence electrons. The van der Waals surface area contributed by atoms with Crippen LogP contribution in [-0.2, 0) is 10.0 Å². The predicted molar refractivity (Wildman–Crippen MR) is 111 cm³/mol. The molecular formula is C19H27Cl2N3O2S. The summed E-state index contributed by atoms with van der Waals surface area (Å²) in [4.78, 5) is 4.80. The van der Waals surface area contributed by atoms with Crippen molar-refractivity contribution in [3.05, 3.63) is 28.2 Å². The van der Waals surface area contributed by atoms with E-state index < -0.39 is 10.0 Å². The third-order valence-corrected chi connectivity index (χ3v) is 8.85. The number of piperazine rings is 1. The number of rotatable bonds is 7. The van der Waals surface area contributed by atoms with Gasteiger partial charge < -0.3 is 4.90 Å². The first-order chi connectivity index (χ1) is 12.9. The minimum absolute atomic E-state index is 0.110. The van der Waals surface area contributed by atoms with Crippen molar-refractivity contribution in [1.82, 2.24) is 9.62 Å². The van der Waals surface area contributed by atoms with E-state index in [1.165, 1.54) is 0 Å². The minimum Gasteiger partial charge on any atom is -0.368 e. The van der Waals surface area contributed by atoms with Crippen LogP contribution in [-0.4, -0.2) is 57.3 Å². The van der Waals surface area contributed by atoms with Crippen LogP contribution in [0, 0.1) is 5.92 Å². The fourth-order valence-corrected chi connectivity index (χ4v) is 6.11. The molecule has 0 aromatic heterocycles. The van der Waals surface area contributed by atoms with E-state index in [0.717, 1.165) is 70.5 Å². The summed E-state index contributed by atoms with van der Waals surface area (Å²) in [6.07, 6.45) is 4.80. The molecule has 0 spiro atoms. The van der Waals surface area contributed by atoms with Crippen LogP contribution in [0.4, 0.5) is 5.69 Å². The zero-order valence-corrected chi connectivity index (χ0v) is 17.7. The highest BCUT2D eigenvalue weighted by molar-refractivity contribution is 7.90. The normalized spacial score (nSPS) is 26.8. The van der Waals surface area contributed by atoms with Crippen molar-refractivity contribution in [2.75, 3.05) is 37.6 Å². The van der Waals surface area contributed by atoms with Crippen LogP contribution < -0.4 is 9.62 Å². The van der Waals surface area contributed by atoms with E-state index in [9.17, 15) is 8.42 Å². The first kappa shape index (κ1) is 19.8. The fourth-order valence-electron chi connectivity index (χ4n) is 4.09. The highest BCUT2D eigenvalue weighted by atomic mass is 35.5. The van der Waals surface area contributed by atoms with E-state index >= 15 is 0 Å². The van der Waals surface area contributed by atoms with Gasteiger partial charge in [0.05, 0.1) is 21.0 Å². The molecule has 1 aromatic carbocycles. The number of sulfonamides is 1. The molecule has 1 aromatic rings. The maximum Gasteiger partial charge on any atom is 0.214 e. The third-order valence-electron chi connectivity index (χ3n) is 6.03. The highest BCUT2D eigenvalue weighted by Crippen LogP contribution is 2.35. The average Bonchev–Trinajstić information content (AvgIpc) is 3.45. The largest absolute Gasteiger partial charge is 0.368 e. The van der Waals surface area contributed by atoms with Crippen LogP contribution in [0.3, 0.4) is 0 Å². The van der Waals surface area contributed by atoms with Crippen LogP contribution in [0.15, 0.2) is 18.2 Å². The Balaban J connectivity index is 1.16. The molecule has 4 rings (SSSR count). The van der Waals surface area contributed by atoms with E-state index in [2.05, 4.69) is 14.5 Å². The Hall–Kier alpha value is -0.530. The molecule has 8 heteroatoms. The molecule has 2 aliphatic carbocycles. The molecule has 1 heterocycles. The van der Waals surface area contributed by atoms with Crippen molar-refractivity contribution in [1.29, 1.82) is 0 Å². The van der Waals surface area contributed by atoms with Gasteiger partial charge in [-0.25, -0.2) is 13.1 Å². The van der Waals surface area contributed by atoms with Crippen molar-refractivity contribution < 1.29 is 8.42 Å². The lowest BCUT2D eigenvalue weighted by molar-refractivity contribution is 0.182. The number of halogens is 2. The van der Waals surface area contributed by atoms with Crippen molar-refractivity contribution in [3.8, 4) is 0 Å². The summed E-state index contributed by atoms with van der Waals surface area (Å²) in [5, 5.41) is 1.14. The van der Waals surface area contributed by atoms with Crippen molar-refractivity contribution >= 4 is 38.9 Å². The second-order valence-corrected chi connectivity index (χ2v) is 10.9. The molecule has 5 nitrogen and oxygen atoms in total. The van der Waals surface area contributed by atoms with Crippen molar-refractivity contribution in [2.45, 2.75) is 43.4 Å². The lowest BCUT2D eigenvalue weighted by Crippen LogP contribution is -2.49. The highest BCUT2D eigenvalue weighted by Gasteiger charge is 2.40. The number of hydrogen-bond donors (Lipinski definition) is 1. The Kier molecular flexibility index (Phi) is 5.91. The molecule has 3 aliphatic rings. The Morgan fingerprint density at radius 1 is 1.07 bits per heavy atom. The van der Waals surface area contributed by atoms with Gasteiger partial charge in [-0.3, -0.25) is 4.90 Å². The van der Waals surface area contributed by atoms with E-state index in [0.29, 0.717) is 16.0 Å². The Bertz CT molecular complexity index is 771. The number of anilines is 1. The monoisotopic (exact) mass is 431 g/mol. The first-order valence-electron chi connectivity index (χ1n) is 9.85. The Morgan fingerprint density at radius 2 is 1.78 bits per heavy atom. The summed E-state index contributed by atoms with van der Waals surface area (Å²) in [5.41, 5.74) is 1.02. The van der Waals surface area contributed by atoms with Gasteiger partial charge >= 0.3 is 0 Å². The number of benzene rings is 1. The van der Waals surface area contributed by atoms with Gasteiger partial charge in [0.1, 0.15) is 0 Å². The summed E-state index contributed by atoms with van der Waals surface area (Å²) in [7, 11) is -3.03. The molecule has 2 saturated carbocycles. The van der Waals surface area contributed by atoms with Gasteiger partial charge in [0.15, 0.2) is 0 Å². The van der Waals surface area contributed by atoms with E-state index in [4.69, 9.17) is 23.2 Å². The van der Waals surface area contributed by atoms with Gasteiger partial charge in [0, 0.05) is 32.2 Å². The molecule has 0 radical (unpaired) electrons. The van der Waals surface area contributed by atoms with Gasteiger partial charge in [0.2, 0.25) is 10.0 Å². The Morgan fingerprint density at radius 3 is 2.44 bits per heavy atom. The van der Waals surface area contributed by atoms with E-state index in [1.54, 1.807) is 0 Å². The lowest BCUT2D eigenvalue weighted by Gasteiger charge is -2.39. The smallest absolute Gasteiger partial charge is 0.214 e. The van der Waals surface area contributed by atoms with Crippen LogP contribution in [0.2, 0.25) is 10.0 Å². The summed E-state index contributed by atoms with van der Waals surface area (Å²) in [6, 6.07) is 5.96. The molecule has 27 heavy (non-hydrogen) atoms. The molecule has 1 saturated heterocycles. The lowest BCUT2D eigenvalue weighted by atomic mass is 9.79.